The van der Waals surface area contributed by atoms with Crippen LogP contribution in [-0.4, -0.2) is 14.1 Å². The first-order valence-electron chi connectivity index (χ1n) is 5.25. The van der Waals surface area contributed by atoms with Gasteiger partial charge in [0.25, 0.3) is 5.56 Å². The van der Waals surface area contributed by atoms with Gasteiger partial charge in [-0.2, -0.15) is 0 Å². The minimum absolute atomic E-state index is 0.0847. The van der Waals surface area contributed by atoms with Crippen molar-refractivity contribution in [2.75, 3.05) is 5.32 Å². The van der Waals surface area contributed by atoms with Gasteiger partial charge in [0.15, 0.2) is 0 Å². The summed E-state index contributed by atoms with van der Waals surface area (Å²) in [6.07, 6.45) is 3.29. The smallest absolute Gasteiger partial charge is 0.273 e. The Kier molecular flexibility index (Phi) is 3.77. The minimum Gasteiger partial charge on any atom is -0.373 e. The molecule has 0 aliphatic carbocycles. The molecule has 0 unspecified atom stereocenters. The molecule has 0 fully saturated rings. The summed E-state index contributed by atoms with van der Waals surface area (Å²) in [5, 5.41) is 3.62. The molecule has 96 valence electrons. The first-order valence-corrected chi connectivity index (χ1v) is 6.42. The molecule has 0 atom stereocenters. The Morgan fingerprint density at radius 1 is 1.50 bits per heavy atom. The third kappa shape index (κ3) is 2.59. The molecule has 7 heteroatoms. The quantitative estimate of drug-likeness (QED) is 0.937. The van der Waals surface area contributed by atoms with E-state index >= 15 is 0 Å². The monoisotopic (exact) mass is 330 g/mol. The maximum Gasteiger partial charge on any atom is 0.273 e. The molecule has 5 nitrogen and oxygen atoms in total. The van der Waals surface area contributed by atoms with Crippen molar-refractivity contribution in [1.29, 1.82) is 0 Å². The normalized spacial score (nSPS) is 10.7. The molecular weight excluding hydrogens is 320 g/mol. The van der Waals surface area contributed by atoms with Gasteiger partial charge in [0.2, 0.25) is 0 Å². The highest BCUT2D eigenvalue weighted by atomic mass is 79.9. The number of imidazole rings is 1. The number of hydrogen-bond donors (Lipinski definition) is 1. The van der Waals surface area contributed by atoms with Gasteiger partial charge in [-0.1, -0.05) is 11.6 Å². The zero-order chi connectivity index (χ0) is 13.3. The van der Waals surface area contributed by atoms with Crippen LogP contribution in [-0.2, 0) is 20.6 Å². The zero-order valence-electron chi connectivity index (χ0n) is 9.94. The van der Waals surface area contributed by atoms with Crippen molar-refractivity contribution in [3.05, 3.63) is 44.3 Å². The molecule has 1 N–H and O–H groups in total. The Balaban J connectivity index is 2.21. The topological polar surface area (TPSA) is 51.9 Å². The number of anilines is 1. The molecule has 0 saturated heterocycles. The van der Waals surface area contributed by atoms with Gasteiger partial charge in [-0.3, -0.25) is 4.79 Å². The van der Waals surface area contributed by atoms with Crippen LogP contribution in [0.2, 0.25) is 5.15 Å². The average Bonchev–Trinajstić information content (AvgIpc) is 2.63. The second-order valence-electron chi connectivity index (χ2n) is 3.90. The highest BCUT2D eigenvalue weighted by molar-refractivity contribution is 9.10. The molecule has 2 aromatic rings. The molecular formula is C11H12BrClN4O. The number of rotatable bonds is 3. The van der Waals surface area contributed by atoms with Gasteiger partial charge in [0.1, 0.15) is 16.7 Å². The summed E-state index contributed by atoms with van der Waals surface area (Å²) in [6, 6.07) is 1.74. The first kappa shape index (κ1) is 13.2. The molecule has 2 rings (SSSR count). The van der Waals surface area contributed by atoms with Crippen LogP contribution < -0.4 is 10.9 Å². The molecule has 0 aliphatic heterocycles. The van der Waals surface area contributed by atoms with Crippen LogP contribution in [0.4, 0.5) is 5.69 Å². The van der Waals surface area contributed by atoms with Crippen LogP contribution in [0.3, 0.4) is 0 Å². The van der Waals surface area contributed by atoms with E-state index in [-0.39, 0.29) is 5.56 Å². The number of hydrogen-bond acceptors (Lipinski definition) is 3. The van der Waals surface area contributed by atoms with Crippen LogP contribution in [0.15, 0.2) is 27.7 Å². The van der Waals surface area contributed by atoms with Crippen molar-refractivity contribution in [2.24, 2.45) is 14.1 Å². The van der Waals surface area contributed by atoms with E-state index in [0.717, 1.165) is 10.3 Å². The molecule has 0 aliphatic rings. The highest BCUT2D eigenvalue weighted by Crippen LogP contribution is 2.13. The summed E-state index contributed by atoms with van der Waals surface area (Å²) < 4.78 is 4.11. The Morgan fingerprint density at radius 2 is 2.22 bits per heavy atom. The maximum absolute atomic E-state index is 11.9. The van der Waals surface area contributed by atoms with Gasteiger partial charge in [-0.25, -0.2) is 4.98 Å². The summed E-state index contributed by atoms with van der Waals surface area (Å²) in [4.78, 5) is 16.0. The lowest BCUT2D eigenvalue weighted by molar-refractivity contribution is 0.806. The number of pyridine rings is 1. The standard InChI is InChI=1S/C11H12BrClN4O/c1-16-6-7(12)3-8(11(16)18)14-5-10-15-4-9(13)17(10)2/h3-4,6,14H,5H2,1-2H3. The van der Waals surface area contributed by atoms with E-state index in [1.807, 2.05) is 7.05 Å². The predicted molar refractivity (Wildman–Crippen MR) is 74.9 cm³/mol. The fourth-order valence-corrected chi connectivity index (χ4v) is 2.24. The molecule has 18 heavy (non-hydrogen) atoms. The van der Waals surface area contributed by atoms with E-state index in [1.165, 1.54) is 4.57 Å². The largest absolute Gasteiger partial charge is 0.373 e. The number of aromatic nitrogens is 3. The molecule has 0 saturated carbocycles. The summed E-state index contributed by atoms with van der Waals surface area (Å²) >= 11 is 9.24. The van der Waals surface area contributed by atoms with Crippen molar-refractivity contribution < 1.29 is 0 Å². The van der Waals surface area contributed by atoms with Gasteiger partial charge >= 0.3 is 0 Å². The fraction of sp³-hybridized carbons (Fsp3) is 0.273. The van der Waals surface area contributed by atoms with Gasteiger partial charge < -0.3 is 14.5 Å². The molecule has 0 bridgehead atoms. The maximum atomic E-state index is 11.9. The SMILES string of the molecule is Cn1c(Cl)cnc1CNc1cc(Br)cn(C)c1=O. The van der Waals surface area contributed by atoms with E-state index in [2.05, 4.69) is 26.2 Å². The second-order valence-corrected chi connectivity index (χ2v) is 5.20. The predicted octanol–water partition coefficient (Wildman–Crippen LogP) is 2.15. The lowest BCUT2D eigenvalue weighted by Gasteiger charge is -2.08. The zero-order valence-corrected chi connectivity index (χ0v) is 12.3. The van der Waals surface area contributed by atoms with Crippen molar-refractivity contribution in [2.45, 2.75) is 6.54 Å². The van der Waals surface area contributed by atoms with Crippen molar-refractivity contribution in [3.8, 4) is 0 Å². The van der Waals surface area contributed by atoms with Gasteiger partial charge in [-0.05, 0) is 22.0 Å². The average molecular weight is 332 g/mol. The van der Waals surface area contributed by atoms with Crippen LogP contribution in [0, 0.1) is 0 Å². The van der Waals surface area contributed by atoms with Crippen molar-refractivity contribution in [3.63, 3.8) is 0 Å². The Hall–Kier alpha value is -1.27. The highest BCUT2D eigenvalue weighted by Gasteiger charge is 2.07. The van der Waals surface area contributed by atoms with Gasteiger partial charge in [-0.15, -0.1) is 0 Å². The fourth-order valence-electron chi connectivity index (χ4n) is 1.56. The molecule has 0 radical (unpaired) electrons. The van der Waals surface area contributed by atoms with Crippen LogP contribution in [0.25, 0.3) is 0 Å². The van der Waals surface area contributed by atoms with E-state index < -0.39 is 0 Å². The van der Waals surface area contributed by atoms with Crippen LogP contribution >= 0.6 is 27.5 Å². The van der Waals surface area contributed by atoms with Crippen molar-refractivity contribution in [1.82, 2.24) is 14.1 Å². The van der Waals surface area contributed by atoms with Crippen LogP contribution in [0.1, 0.15) is 5.82 Å². The van der Waals surface area contributed by atoms with Crippen molar-refractivity contribution >= 4 is 33.2 Å². The van der Waals surface area contributed by atoms with E-state index in [0.29, 0.717) is 17.4 Å². The summed E-state index contributed by atoms with van der Waals surface area (Å²) in [6.45, 7) is 0.439. The van der Waals surface area contributed by atoms with Crippen LogP contribution in [0.5, 0.6) is 0 Å². The van der Waals surface area contributed by atoms with Gasteiger partial charge in [0, 0.05) is 24.8 Å². The lowest BCUT2D eigenvalue weighted by Crippen LogP contribution is -2.21. The van der Waals surface area contributed by atoms with E-state index in [9.17, 15) is 4.79 Å². The molecule has 2 heterocycles. The number of nitrogens with zero attached hydrogens (tertiary/aromatic N) is 3. The Labute approximate surface area is 118 Å². The summed E-state index contributed by atoms with van der Waals surface area (Å²) in [7, 11) is 3.53. The lowest BCUT2D eigenvalue weighted by atomic mass is 10.4. The second kappa shape index (κ2) is 5.16. The van der Waals surface area contributed by atoms with E-state index in [4.69, 9.17) is 11.6 Å². The third-order valence-electron chi connectivity index (χ3n) is 2.61. The molecule has 0 aromatic carbocycles. The first-order chi connectivity index (χ1) is 8.49. The number of aryl methyl sites for hydroxylation is 1. The number of halogens is 2. The molecule has 0 spiro atoms. The minimum atomic E-state index is -0.0847. The Morgan fingerprint density at radius 3 is 2.83 bits per heavy atom. The molecule has 2 aromatic heterocycles. The summed E-state index contributed by atoms with van der Waals surface area (Å²) in [5.74, 6) is 0.766. The van der Waals surface area contributed by atoms with Gasteiger partial charge in [0.05, 0.1) is 12.7 Å². The molecule has 0 amide bonds. The summed E-state index contributed by atoms with van der Waals surface area (Å²) in [5.41, 5.74) is 0.435. The number of nitrogens with one attached hydrogen (secondary N) is 1. The Bertz CT molecular complexity index is 634. The van der Waals surface area contributed by atoms with E-state index in [1.54, 1.807) is 30.1 Å². The third-order valence-corrected chi connectivity index (χ3v) is 3.40.